The van der Waals surface area contributed by atoms with Crippen LogP contribution in [0.2, 0.25) is 0 Å². The van der Waals surface area contributed by atoms with Crippen LogP contribution in [0.1, 0.15) is 36.6 Å². The second-order valence-corrected chi connectivity index (χ2v) is 4.65. The van der Waals surface area contributed by atoms with E-state index in [9.17, 15) is 4.39 Å². The van der Waals surface area contributed by atoms with Crippen LogP contribution in [0.5, 0.6) is 0 Å². The first-order valence-corrected chi connectivity index (χ1v) is 6.67. The molecule has 1 unspecified atom stereocenters. The Kier molecular flexibility index (Phi) is 4.32. The van der Waals surface area contributed by atoms with Crippen molar-refractivity contribution in [1.29, 1.82) is 0 Å². The summed E-state index contributed by atoms with van der Waals surface area (Å²) in [6.07, 6.45) is 3.77. The zero-order valence-electron chi connectivity index (χ0n) is 11.7. The van der Waals surface area contributed by atoms with Crippen molar-refractivity contribution in [2.75, 3.05) is 6.54 Å². The molecule has 0 radical (unpaired) electrons. The van der Waals surface area contributed by atoms with Crippen LogP contribution in [-0.2, 0) is 6.54 Å². The van der Waals surface area contributed by atoms with Gasteiger partial charge in [-0.3, -0.25) is 4.68 Å². The molecule has 0 saturated heterocycles. The van der Waals surface area contributed by atoms with Crippen molar-refractivity contribution in [2.45, 2.75) is 33.4 Å². The average Bonchev–Trinajstić information content (AvgIpc) is 2.85. The first kappa shape index (κ1) is 13.7. The Hall–Kier alpha value is -1.68. The number of rotatable bonds is 5. The fraction of sp³-hybridized carbons (Fsp3) is 0.400. The van der Waals surface area contributed by atoms with Crippen molar-refractivity contribution < 1.29 is 4.39 Å². The van der Waals surface area contributed by atoms with Crippen molar-refractivity contribution in [3.05, 3.63) is 53.1 Å². The zero-order valence-corrected chi connectivity index (χ0v) is 11.7. The summed E-state index contributed by atoms with van der Waals surface area (Å²) in [6, 6.07) is 5.21. The molecule has 2 rings (SSSR count). The highest BCUT2D eigenvalue weighted by atomic mass is 19.1. The normalized spacial score (nSPS) is 12.6. The fourth-order valence-electron chi connectivity index (χ4n) is 2.18. The second kappa shape index (κ2) is 5.97. The molecule has 3 nitrogen and oxygen atoms in total. The van der Waals surface area contributed by atoms with Gasteiger partial charge in [0.2, 0.25) is 0 Å². The second-order valence-electron chi connectivity index (χ2n) is 4.65. The Balaban J connectivity index is 2.38. The minimum Gasteiger partial charge on any atom is -0.306 e. The number of aromatic nitrogens is 2. The molecule has 0 amide bonds. The third-order valence-electron chi connectivity index (χ3n) is 3.19. The van der Waals surface area contributed by atoms with E-state index in [4.69, 9.17) is 0 Å². The van der Waals surface area contributed by atoms with Crippen LogP contribution in [-0.4, -0.2) is 16.3 Å². The first-order valence-electron chi connectivity index (χ1n) is 6.67. The molecule has 1 aromatic heterocycles. The van der Waals surface area contributed by atoms with E-state index in [0.717, 1.165) is 24.2 Å². The molecule has 19 heavy (non-hydrogen) atoms. The standard InChI is InChI=1S/C15H20FN3/c1-4-17-15(12-9-18-19(5-2)10-12)13-7-6-11(3)8-14(13)16/h6-10,15,17H,4-5H2,1-3H3. The summed E-state index contributed by atoms with van der Waals surface area (Å²) in [4.78, 5) is 0. The Morgan fingerprint density at radius 2 is 2.16 bits per heavy atom. The number of halogens is 1. The van der Waals surface area contributed by atoms with E-state index in [0.29, 0.717) is 5.56 Å². The molecule has 0 aliphatic heterocycles. The Morgan fingerprint density at radius 3 is 2.74 bits per heavy atom. The van der Waals surface area contributed by atoms with Crippen LogP contribution < -0.4 is 5.32 Å². The lowest BCUT2D eigenvalue weighted by molar-refractivity contribution is 0.557. The fourth-order valence-corrected chi connectivity index (χ4v) is 2.18. The van der Waals surface area contributed by atoms with Gasteiger partial charge in [-0.15, -0.1) is 0 Å². The number of hydrogen-bond donors (Lipinski definition) is 1. The van der Waals surface area contributed by atoms with Crippen LogP contribution in [0, 0.1) is 12.7 Å². The van der Waals surface area contributed by atoms with Gasteiger partial charge < -0.3 is 5.32 Å². The molecule has 0 spiro atoms. The van der Waals surface area contributed by atoms with Crippen molar-refractivity contribution in [2.24, 2.45) is 0 Å². The van der Waals surface area contributed by atoms with Gasteiger partial charge in [0.1, 0.15) is 5.82 Å². The number of nitrogens with zero attached hydrogens (tertiary/aromatic N) is 2. The van der Waals surface area contributed by atoms with E-state index in [2.05, 4.69) is 10.4 Å². The van der Waals surface area contributed by atoms with Gasteiger partial charge in [-0.05, 0) is 32.0 Å². The maximum Gasteiger partial charge on any atom is 0.128 e. The van der Waals surface area contributed by atoms with Crippen LogP contribution >= 0.6 is 0 Å². The molecular formula is C15H20FN3. The molecule has 2 aromatic rings. The summed E-state index contributed by atoms with van der Waals surface area (Å²) in [6.45, 7) is 7.53. The van der Waals surface area contributed by atoms with Crippen molar-refractivity contribution in [1.82, 2.24) is 15.1 Å². The molecule has 1 atom stereocenters. The first-order chi connectivity index (χ1) is 9.15. The van der Waals surface area contributed by atoms with Gasteiger partial charge in [-0.2, -0.15) is 5.10 Å². The molecule has 1 aromatic carbocycles. The number of nitrogens with one attached hydrogen (secondary N) is 1. The highest BCUT2D eigenvalue weighted by Crippen LogP contribution is 2.24. The lowest BCUT2D eigenvalue weighted by Gasteiger charge is -2.18. The van der Waals surface area contributed by atoms with Gasteiger partial charge in [0.15, 0.2) is 0 Å². The molecule has 1 heterocycles. The molecule has 0 aliphatic carbocycles. The van der Waals surface area contributed by atoms with Gasteiger partial charge in [0.05, 0.1) is 12.2 Å². The summed E-state index contributed by atoms with van der Waals surface area (Å²) >= 11 is 0. The van der Waals surface area contributed by atoms with E-state index >= 15 is 0 Å². The summed E-state index contributed by atoms with van der Waals surface area (Å²) in [5, 5.41) is 7.58. The smallest absolute Gasteiger partial charge is 0.128 e. The maximum absolute atomic E-state index is 14.1. The van der Waals surface area contributed by atoms with Crippen LogP contribution in [0.3, 0.4) is 0 Å². The van der Waals surface area contributed by atoms with Crippen molar-refractivity contribution in [3.63, 3.8) is 0 Å². The third-order valence-corrected chi connectivity index (χ3v) is 3.19. The monoisotopic (exact) mass is 261 g/mol. The van der Waals surface area contributed by atoms with E-state index in [-0.39, 0.29) is 11.9 Å². The Bertz CT molecular complexity index is 548. The van der Waals surface area contributed by atoms with E-state index in [1.54, 1.807) is 12.3 Å². The molecule has 0 bridgehead atoms. The summed E-state index contributed by atoms with van der Waals surface area (Å²) in [5.74, 6) is -0.171. The predicted molar refractivity (Wildman–Crippen MR) is 74.6 cm³/mol. The number of aryl methyl sites for hydroxylation is 2. The summed E-state index contributed by atoms with van der Waals surface area (Å²) < 4.78 is 16.0. The lowest BCUT2D eigenvalue weighted by atomic mass is 9.99. The van der Waals surface area contributed by atoms with E-state index in [1.807, 2.05) is 43.8 Å². The van der Waals surface area contributed by atoms with Crippen LogP contribution in [0.4, 0.5) is 4.39 Å². The van der Waals surface area contributed by atoms with E-state index in [1.165, 1.54) is 0 Å². The molecular weight excluding hydrogens is 241 g/mol. The molecule has 0 aliphatic rings. The highest BCUT2D eigenvalue weighted by molar-refractivity contribution is 5.32. The summed E-state index contributed by atoms with van der Waals surface area (Å²) in [7, 11) is 0. The molecule has 102 valence electrons. The van der Waals surface area contributed by atoms with Crippen molar-refractivity contribution in [3.8, 4) is 0 Å². The van der Waals surface area contributed by atoms with Gasteiger partial charge in [0.25, 0.3) is 0 Å². The minimum absolute atomic E-state index is 0.147. The van der Waals surface area contributed by atoms with E-state index < -0.39 is 0 Å². The summed E-state index contributed by atoms with van der Waals surface area (Å²) in [5.41, 5.74) is 2.59. The predicted octanol–water partition coefficient (Wildman–Crippen LogP) is 3.05. The topological polar surface area (TPSA) is 29.9 Å². The SMILES string of the molecule is CCNC(c1cnn(CC)c1)c1ccc(C)cc1F. The molecule has 4 heteroatoms. The van der Waals surface area contributed by atoms with Gasteiger partial charge in [-0.25, -0.2) is 4.39 Å². The quantitative estimate of drug-likeness (QED) is 0.896. The van der Waals surface area contributed by atoms with Gasteiger partial charge >= 0.3 is 0 Å². The molecule has 0 saturated carbocycles. The number of hydrogen-bond acceptors (Lipinski definition) is 2. The van der Waals surface area contributed by atoms with Crippen LogP contribution in [0.25, 0.3) is 0 Å². The van der Waals surface area contributed by atoms with Crippen molar-refractivity contribution >= 4 is 0 Å². The lowest BCUT2D eigenvalue weighted by Crippen LogP contribution is -2.22. The minimum atomic E-state index is -0.171. The van der Waals surface area contributed by atoms with Gasteiger partial charge in [0, 0.05) is 23.9 Å². The Labute approximate surface area is 113 Å². The third kappa shape index (κ3) is 3.01. The van der Waals surface area contributed by atoms with Gasteiger partial charge in [-0.1, -0.05) is 19.1 Å². The highest BCUT2D eigenvalue weighted by Gasteiger charge is 2.18. The zero-order chi connectivity index (χ0) is 13.8. The number of benzene rings is 1. The molecule has 1 N–H and O–H groups in total. The Morgan fingerprint density at radius 1 is 1.37 bits per heavy atom. The maximum atomic E-state index is 14.1. The average molecular weight is 261 g/mol. The molecule has 0 fully saturated rings. The largest absolute Gasteiger partial charge is 0.306 e. The van der Waals surface area contributed by atoms with Crippen LogP contribution in [0.15, 0.2) is 30.6 Å².